The predicted molar refractivity (Wildman–Crippen MR) is 29.7 cm³/mol. The molecule has 6 heteroatoms. The third-order valence-corrected chi connectivity index (χ3v) is 0.957. The summed E-state index contributed by atoms with van der Waals surface area (Å²) >= 11 is 0. The summed E-state index contributed by atoms with van der Waals surface area (Å²) in [6.07, 6.45) is 7.16. The molecule has 2 heterocycles. The van der Waals surface area contributed by atoms with Crippen LogP contribution in [0.1, 0.15) is 0 Å². The van der Waals surface area contributed by atoms with Crippen LogP contribution in [0.4, 0.5) is 0 Å². The van der Waals surface area contributed by atoms with Gasteiger partial charge >= 0.3 is 0 Å². The molecule has 0 aliphatic heterocycles. The molecule has 10 heavy (non-hydrogen) atoms. The second-order valence-electron chi connectivity index (χ2n) is 1.57. The number of rotatable bonds is 1. The molecule has 0 fully saturated rings. The van der Waals surface area contributed by atoms with Crippen LogP contribution in [0, 0.1) is 6.20 Å². The maximum absolute atomic E-state index is 3.80. The maximum Gasteiger partial charge on any atom is 0.137 e. The number of hydrogen-bond donors (Lipinski definition) is 0. The van der Waals surface area contributed by atoms with E-state index in [9.17, 15) is 0 Å². The SMILES string of the molecule is [c]1cn(-n2nccn2)nn1. The summed E-state index contributed by atoms with van der Waals surface area (Å²) in [5.41, 5.74) is 0. The fourth-order valence-corrected chi connectivity index (χ4v) is 0.577. The maximum atomic E-state index is 3.80. The Kier molecular flexibility index (Phi) is 0.970. The number of hydrogen-bond acceptors (Lipinski definition) is 4. The van der Waals surface area contributed by atoms with E-state index in [2.05, 4.69) is 26.7 Å². The largest absolute Gasteiger partial charge is 0.138 e. The van der Waals surface area contributed by atoms with Gasteiger partial charge in [0.15, 0.2) is 0 Å². The fraction of sp³-hybridized carbons (Fsp3) is 0. The van der Waals surface area contributed by atoms with Crippen LogP contribution in [0.2, 0.25) is 0 Å². The Morgan fingerprint density at radius 3 is 2.60 bits per heavy atom. The van der Waals surface area contributed by atoms with Crippen molar-refractivity contribution in [3.63, 3.8) is 0 Å². The van der Waals surface area contributed by atoms with Gasteiger partial charge in [0.25, 0.3) is 0 Å². The third-order valence-electron chi connectivity index (χ3n) is 0.957. The molecular formula is C4H3N6. The fourth-order valence-electron chi connectivity index (χ4n) is 0.577. The van der Waals surface area contributed by atoms with E-state index >= 15 is 0 Å². The van der Waals surface area contributed by atoms with E-state index < -0.39 is 0 Å². The van der Waals surface area contributed by atoms with E-state index in [4.69, 9.17) is 0 Å². The van der Waals surface area contributed by atoms with Gasteiger partial charge < -0.3 is 0 Å². The van der Waals surface area contributed by atoms with E-state index in [0.29, 0.717) is 0 Å². The molecule has 0 N–H and O–H groups in total. The molecule has 2 aromatic heterocycles. The Hall–Kier alpha value is -1.72. The van der Waals surface area contributed by atoms with Crippen molar-refractivity contribution in [2.75, 3.05) is 0 Å². The lowest BCUT2D eigenvalue weighted by Gasteiger charge is -1.92. The molecular weight excluding hydrogens is 132 g/mol. The van der Waals surface area contributed by atoms with Gasteiger partial charge in [-0.3, -0.25) is 0 Å². The van der Waals surface area contributed by atoms with E-state index in [1.54, 1.807) is 12.4 Å². The van der Waals surface area contributed by atoms with Gasteiger partial charge in [-0.05, 0) is 5.21 Å². The highest BCUT2D eigenvalue weighted by Crippen LogP contribution is 1.78. The topological polar surface area (TPSA) is 61.4 Å². The lowest BCUT2D eigenvalue weighted by molar-refractivity contribution is 0.430. The van der Waals surface area contributed by atoms with E-state index in [-0.39, 0.29) is 0 Å². The van der Waals surface area contributed by atoms with Crippen LogP contribution >= 0.6 is 0 Å². The molecule has 0 spiro atoms. The normalized spacial score (nSPS) is 10.0. The summed E-state index contributed by atoms with van der Waals surface area (Å²) in [4.78, 5) is 2.66. The lowest BCUT2D eigenvalue weighted by atomic mass is 11.0. The average Bonchev–Trinajstić information content (AvgIpc) is 2.59. The first-order valence-corrected chi connectivity index (χ1v) is 2.62. The van der Waals surface area contributed by atoms with Crippen LogP contribution < -0.4 is 0 Å². The van der Waals surface area contributed by atoms with Gasteiger partial charge in [0.2, 0.25) is 0 Å². The van der Waals surface area contributed by atoms with Crippen LogP contribution in [0.3, 0.4) is 0 Å². The van der Waals surface area contributed by atoms with Gasteiger partial charge in [0.1, 0.15) is 6.20 Å². The minimum absolute atomic E-state index is 1.30. The molecule has 0 aliphatic rings. The summed E-state index contributed by atoms with van der Waals surface area (Å²) in [7, 11) is 0. The first-order chi connectivity index (χ1) is 4.97. The van der Waals surface area contributed by atoms with Crippen molar-refractivity contribution in [1.82, 2.24) is 30.2 Å². The lowest BCUT2D eigenvalue weighted by Crippen LogP contribution is -2.12. The Morgan fingerprint density at radius 1 is 1.20 bits per heavy atom. The Balaban J connectivity index is 2.48. The Morgan fingerprint density at radius 2 is 2.00 bits per heavy atom. The van der Waals surface area contributed by atoms with Gasteiger partial charge in [-0.25, -0.2) is 0 Å². The smallest absolute Gasteiger partial charge is 0.137 e. The summed E-state index contributed by atoms with van der Waals surface area (Å²) in [6, 6.07) is 0. The molecule has 0 unspecified atom stereocenters. The molecule has 1 radical (unpaired) electrons. The molecule has 0 amide bonds. The summed E-state index contributed by atoms with van der Waals surface area (Å²) in [5.74, 6) is 0. The molecule has 49 valence electrons. The Bertz CT molecular complexity index is 249. The van der Waals surface area contributed by atoms with Gasteiger partial charge in [-0.15, -0.1) is 20.1 Å². The zero-order chi connectivity index (χ0) is 6.81. The first kappa shape index (κ1) is 5.10. The molecule has 0 aromatic carbocycles. The average molecular weight is 135 g/mol. The summed E-state index contributed by atoms with van der Waals surface area (Å²) in [5, 5.41) is 14.7. The van der Waals surface area contributed by atoms with Crippen molar-refractivity contribution in [2.24, 2.45) is 0 Å². The highest BCUT2D eigenvalue weighted by Gasteiger charge is 1.92. The molecule has 2 rings (SSSR count). The van der Waals surface area contributed by atoms with Crippen LogP contribution in [0.5, 0.6) is 0 Å². The highest BCUT2D eigenvalue weighted by molar-refractivity contribution is 4.64. The molecule has 0 bridgehead atoms. The molecule has 2 aromatic rings. The molecule has 0 saturated heterocycles. The first-order valence-electron chi connectivity index (χ1n) is 2.62. The standard InChI is InChI=1S/C4H3N6/c1-2-7-10(6-1)9-4-3-5-8-9/h1-2,4H. The van der Waals surface area contributed by atoms with Crippen LogP contribution in [0.25, 0.3) is 0 Å². The number of nitrogens with zero attached hydrogens (tertiary/aromatic N) is 6. The van der Waals surface area contributed by atoms with Crippen molar-refractivity contribution >= 4 is 0 Å². The minimum Gasteiger partial charge on any atom is -0.138 e. The van der Waals surface area contributed by atoms with Crippen LogP contribution in [-0.4, -0.2) is 30.2 Å². The summed E-state index contributed by atoms with van der Waals surface area (Å²) < 4.78 is 0. The van der Waals surface area contributed by atoms with Crippen molar-refractivity contribution in [3.8, 4) is 0 Å². The minimum atomic E-state index is 1.30. The van der Waals surface area contributed by atoms with Crippen molar-refractivity contribution in [3.05, 3.63) is 24.8 Å². The number of aromatic nitrogens is 6. The molecule has 6 nitrogen and oxygen atoms in total. The van der Waals surface area contributed by atoms with Gasteiger partial charge in [0.05, 0.1) is 18.6 Å². The summed E-state index contributed by atoms with van der Waals surface area (Å²) in [6.45, 7) is 0. The van der Waals surface area contributed by atoms with E-state index in [1.807, 2.05) is 0 Å². The second-order valence-corrected chi connectivity index (χ2v) is 1.57. The highest BCUT2D eigenvalue weighted by atomic mass is 15.8. The monoisotopic (exact) mass is 135 g/mol. The van der Waals surface area contributed by atoms with Crippen LogP contribution in [0.15, 0.2) is 18.6 Å². The molecule has 0 aliphatic carbocycles. The van der Waals surface area contributed by atoms with Crippen LogP contribution in [-0.2, 0) is 0 Å². The third kappa shape index (κ3) is 0.661. The van der Waals surface area contributed by atoms with Crippen molar-refractivity contribution in [2.45, 2.75) is 0 Å². The molecule has 0 atom stereocenters. The zero-order valence-electron chi connectivity index (χ0n) is 4.92. The van der Waals surface area contributed by atoms with Gasteiger partial charge in [-0.2, -0.15) is 0 Å². The van der Waals surface area contributed by atoms with Gasteiger partial charge in [0, 0.05) is 0 Å². The molecule has 0 saturated carbocycles. The Labute approximate surface area is 56.0 Å². The van der Waals surface area contributed by atoms with Crippen molar-refractivity contribution < 1.29 is 0 Å². The quantitative estimate of drug-likeness (QED) is 0.502. The van der Waals surface area contributed by atoms with Crippen molar-refractivity contribution in [1.29, 1.82) is 0 Å². The zero-order valence-corrected chi connectivity index (χ0v) is 4.92. The van der Waals surface area contributed by atoms with Gasteiger partial charge in [-0.1, -0.05) is 4.91 Å². The van der Waals surface area contributed by atoms with E-state index in [0.717, 1.165) is 0 Å². The predicted octanol–water partition coefficient (Wildman–Crippen LogP) is -1.02. The second kappa shape index (κ2) is 1.90. The van der Waals surface area contributed by atoms with E-state index in [1.165, 1.54) is 15.9 Å².